The number of nitrogens with one attached hydrogen (secondary N) is 2. The number of halogens is 1. The number of hydrogen-bond acceptors (Lipinski definition) is 6. The number of nitrogens with zero attached hydrogens (tertiary/aromatic N) is 4. The highest BCUT2D eigenvalue weighted by atomic mass is 127. The van der Waals surface area contributed by atoms with Crippen LogP contribution in [0.25, 0.3) is 11.6 Å². The average molecular weight is 528 g/mol. The zero-order valence-corrected chi connectivity index (χ0v) is 20.0. The zero-order valence-electron chi connectivity index (χ0n) is 17.7. The highest BCUT2D eigenvalue weighted by Gasteiger charge is 2.13. The standard InChI is InChI=1S/C21H32N6O2.HI/c1-2-22-21(24-14-8-16-28-17-9-4-3-5-10-17)25-15-12-19-26-20(29-27-19)18-11-6-7-13-23-18;/h6-7,11,13,17H,2-5,8-10,12,14-16H2,1H3,(H2,22,24,25);1H. The van der Waals surface area contributed by atoms with Crippen molar-refractivity contribution in [2.75, 3.05) is 26.2 Å². The summed E-state index contributed by atoms with van der Waals surface area (Å²) in [4.78, 5) is 13.2. The number of pyridine rings is 1. The van der Waals surface area contributed by atoms with E-state index in [1.807, 2.05) is 18.2 Å². The van der Waals surface area contributed by atoms with Gasteiger partial charge in [-0.3, -0.25) is 9.98 Å². The van der Waals surface area contributed by atoms with Gasteiger partial charge >= 0.3 is 0 Å². The first-order chi connectivity index (χ1) is 14.3. The Labute approximate surface area is 195 Å². The molecule has 8 nitrogen and oxygen atoms in total. The van der Waals surface area contributed by atoms with E-state index in [0.717, 1.165) is 32.1 Å². The molecule has 1 aliphatic rings. The van der Waals surface area contributed by atoms with E-state index < -0.39 is 0 Å². The maximum atomic E-state index is 5.96. The molecule has 2 N–H and O–H groups in total. The number of hydrogen-bond donors (Lipinski definition) is 2. The van der Waals surface area contributed by atoms with Crippen LogP contribution in [-0.2, 0) is 11.2 Å². The summed E-state index contributed by atoms with van der Waals surface area (Å²) in [5.74, 6) is 1.90. The Bertz CT molecular complexity index is 734. The van der Waals surface area contributed by atoms with E-state index in [2.05, 4.69) is 37.7 Å². The van der Waals surface area contributed by atoms with Crippen LogP contribution in [0.2, 0.25) is 0 Å². The topological polar surface area (TPSA) is 97.5 Å². The van der Waals surface area contributed by atoms with E-state index in [1.165, 1.54) is 32.1 Å². The average Bonchev–Trinajstić information content (AvgIpc) is 3.24. The van der Waals surface area contributed by atoms with Crippen LogP contribution < -0.4 is 10.6 Å². The summed E-state index contributed by atoms with van der Waals surface area (Å²) in [6.45, 7) is 5.07. The molecule has 0 spiro atoms. The molecule has 2 aromatic heterocycles. The van der Waals surface area contributed by atoms with E-state index >= 15 is 0 Å². The molecule has 0 unspecified atom stereocenters. The summed E-state index contributed by atoms with van der Waals surface area (Å²) in [5, 5.41) is 10.6. The van der Waals surface area contributed by atoms with Gasteiger partial charge < -0.3 is 19.9 Å². The lowest BCUT2D eigenvalue weighted by Gasteiger charge is -2.21. The second kappa shape index (κ2) is 14.3. The summed E-state index contributed by atoms with van der Waals surface area (Å²) in [6, 6.07) is 5.60. The first-order valence-electron chi connectivity index (χ1n) is 10.7. The fourth-order valence-corrected chi connectivity index (χ4v) is 3.32. The minimum Gasteiger partial charge on any atom is -0.378 e. The monoisotopic (exact) mass is 528 g/mol. The molecule has 9 heteroatoms. The molecule has 1 aliphatic carbocycles. The Balaban J connectivity index is 0.00000320. The number of guanidine groups is 1. The number of ether oxygens (including phenoxy) is 1. The molecular formula is C21H33IN6O2. The first kappa shape index (κ1) is 24.5. The van der Waals surface area contributed by atoms with E-state index in [9.17, 15) is 0 Å². The van der Waals surface area contributed by atoms with Crippen LogP contribution in [0, 0.1) is 0 Å². The molecule has 0 bridgehead atoms. The minimum absolute atomic E-state index is 0. The number of rotatable bonds is 10. The lowest BCUT2D eigenvalue weighted by atomic mass is 9.98. The Hall–Kier alpha value is -1.75. The van der Waals surface area contributed by atoms with E-state index in [1.54, 1.807) is 6.20 Å². The Morgan fingerprint density at radius 2 is 2.10 bits per heavy atom. The molecule has 0 aliphatic heterocycles. The largest absolute Gasteiger partial charge is 0.378 e. The van der Waals surface area contributed by atoms with Gasteiger partial charge in [0.25, 0.3) is 5.89 Å². The summed E-state index contributed by atoms with van der Waals surface area (Å²) in [5.41, 5.74) is 0.685. The molecule has 30 heavy (non-hydrogen) atoms. The lowest BCUT2D eigenvalue weighted by molar-refractivity contribution is 0.0281. The number of aliphatic imine (C=N–C) groups is 1. The quantitative estimate of drug-likeness (QED) is 0.211. The van der Waals surface area contributed by atoms with Crippen molar-refractivity contribution < 1.29 is 9.26 Å². The highest BCUT2D eigenvalue weighted by Crippen LogP contribution is 2.20. The molecule has 0 amide bonds. The molecule has 0 radical (unpaired) electrons. The normalized spacial score (nSPS) is 14.9. The van der Waals surface area contributed by atoms with Gasteiger partial charge in [-0.05, 0) is 38.3 Å². The molecule has 1 saturated carbocycles. The van der Waals surface area contributed by atoms with Crippen LogP contribution in [0.15, 0.2) is 33.9 Å². The van der Waals surface area contributed by atoms with Gasteiger partial charge in [-0.15, -0.1) is 24.0 Å². The summed E-state index contributed by atoms with van der Waals surface area (Å²) >= 11 is 0. The second-order valence-electron chi connectivity index (χ2n) is 7.15. The van der Waals surface area contributed by atoms with Crippen LogP contribution >= 0.6 is 24.0 Å². The van der Waals surface area contributed by atoms with Gasteiger partial charge in [0.15, 0.2) is 11.8 Å². The van der Waals surface area contributed by atoms with E-state index in [4.69, 9.17) is 9.26 Å². The fourth-order valence-electron chi connectivity index (χ4n) is 3.32. The predicted octanol–water partition coefficient (Wildman–Crippen LogP) is 3.59. The van der Waals surface area contributed by atoms with Crippen molar-refractivity contribution >= 4 is 29.9 Å². The van der Waals surface area contributed by atoms with Crippen molar-refractivity contribution in [2.24, 2.45) is 4.99 Å². The molecule has 0 atom stereocenters. The maximum Gasteiger partial charge on any atom is 0.276 e. The van der Waals surface area contributed by atoms with Gasteiger partial charge in [0.05, 0.1) is 6.10 Å². The van der Waals surface area contributed by atoms with Gasteiger partial charge in [-0.2, -0.15) is 4.98 Å². The minimum atomic E-state index is 0. The van der Waals surface area contributed by atoms with Gasteiger partial charge in [-0.1, -0.05) is 30.5 Å². The van der Waals surface area contributed by atoms with Crippen molar-refractivity contribution in [1.29, 1.82) is 0 Å². The lowest BCUT2D eigenvalue weighted by Crippen LogP contribution is -2.38. The smallest absolute Gasteiger partial charge is 0.276 e. The van der Waals surface area contributed by atoms with Crippen LogP contribution in [0.3, 0.4) is 0 Å². The van der Waals surface area contributed by atoms with Crippen LogP contribution in [0.1, 0.15) is 51.3 Å². The summed E-state index contributed by atoms with van der Waals surface area (Å²) < 4.78 is 11.2. The van der Waals surface area contributed by atoms with Gasteiger partial charge in [-0.25, -0.2) is 0 Å². The van der Waals surface area contributed by atoms with Crippen molar-refractivity contribution in [1.82, 2.24) is 25.8 Å². The summed E-state index contributed by atoms with van der Waals surface area (Å²) in [6.07, 6.45) is 10.1. The SMILES string of the molecule is CCNC(=NCCCOC1CCCCC1)NCCc1noc(-c2ccccn2)n1.I. The molecule has 166 valence electrons. The molecule has 2 heterocycles. The third-order valence-corrected chi connectivity index (χ3v) is 4.82. The van der Waals surface area contributed by atoms with E-state index in [0.29, 0.717) is 36.5 Å². The molecule has 1 fully saturated rings. The van der Waals surface area contributed by atoms with Crippen molar-refractivity contribution in [3.05, 3.63) is 30.2 Å². The van der Waals surface area contributed by atoms with Crippen LogP contribution in [0.5, 0.6) is 0 Å². The van der Waals surface area contributed by atoms with Gasteiger partial charge in [0.2, 0.25) is 0 Å². The maximum absolute atomic E-state index is 5.96. The second-order valence-corrected chi connectivity index (χ2v) is 7.15. The van der Waals surface area contributed by atoms with Gasteiger partial charge in [0.1, 0.15) is 5.69 Å². The zero-order chi connectivity index (χ0) is 20.2. The van der Waals surface area contributed by atoms with Crippen LogP contribution in [0.4, 0.5) is 0 Å². The van der Waals surface area contributed by atoms with Crippen molar-refractivity contribution in [3.8, 4) is 11.6 Å². The molecule has 0 saturated heterocycles. The van der Waals surface area contributed by atoms with E-state index in [-0.39, 0.29) is 24.0 Å². The summed E-state index contributed by atoms with van der Waals surface area (Å²) in [7, 11) is 0. The third kappa shape index (κ3) is 8.55. The highest BCUT2D eigenvalue weighted by molar-refractivity contribution is 14.0. The Kier molecular flexibility index (Phi) is 11.7. The fraction of sp³-hybridized carbons (Fsp3) is 0.619. The molecule has 3 rings (SSSR count). The first-order valence-corrected chi connectivity index (χ1v) is 10.7. The third-order valence-electron chi connectivity index (χ3n) is 4.82. The molecular weight excluding hydrogens is 495 g/mol. The number of aromatic nitrogens is 3. The van der Waals surface area contributed by atoms with Crippen LogP contribution in [-0.4, -0.2) is 53.4 Å². The molecule has 0 aromatic carbocycles. The predicted molar refractivity (Wildman–Crippen MR) is 128 cm³/mol. The van der Waals surface area contributed by atoms with Crippen molar-refractivity contribution in [2.45, 2.75) is 58.0 Å². The Morgan fingerprint density at radius 1 is 1.23 bits per heavy atom. The molecule has 2 aromatic rings. The van der Waals surface area contributed by atoms with Crippen molar-refractivity contribution in [3.63, 3.8) is 0 Å². The van der Waals surface area contributed by atoms with Gasteiger partial charge in [0, 0.05) is 38.9 Å². The Morgan fingerprint density at radius 3 is 2.87 bits per heavy atom.